The van der Waals surface area contributed by atoms with Crippen LogP contribution < -0.4 is 16.6 Å². The van der Waals surface area contributed by atoms with E-state index < -0.39 is 0 Å². The van der Waals surface area contributed by atoms with Crippen molar-refractivity contribution in [3.05, 3.63) is 12.4 Å². The minimum atomic E-state index is 0.316. The first-order chi connectivity index (χ1) is 7.79. The van der Waals surface area contributed by atoms with E-state index in [9.17, 15) is 0 Å². The van der Waals surface area contributed by atoms with Crippen LogP contribution in [0.2, 0.25) is 0 Å². The molecule has 0 aliphatic carbocycles. The van der Waals surface area contributed by atoms with Gasteiger partial charge in [0.25, 0.3) is 0 Å². The summed E-state index contributed by atoms with van der Waals surface area (Å²) < 4.78 is 5.49. The van der Waals surface area contributed by atoms with Crippen LogP contribution in [0, 0.1) is 5.92 Å². The number of nitrogen functional groups attached to an aromatic ring is 1. The summed E-state index contributed by atoms with van der Waals surface area (Å²) in [5, 5.41) is 3.24. The van der Waals surface area contributed by atoms with Gasteiger partial charge >= 0.3 is 0 Å². The molecule has 2 atom stereocenters. The first-order valence-electron chi connectivity index (χ1n) is 5.43. The largest absolute Gasteiger partial charge is 0.378 e. The summed E-state index contributed by atoms with van der Waals surface area (Å²) in [4.78, 5) is 8.25. The molecule has 6 nitrogen and oxygen atoms in total. The quantitative estimate of drug-likeness (QED) is 0.512. The molecule has 1 saturated heterocycles. The maximum atomic E-state index is 5.49. The maximum absolute atomic E-state index is 5.49. The molecular weight excluding hydrogens is 206 g/mol. The van der Waals surface area contributed by atoms with Crippen LogP contribution in [0.3, 0.4) is 0 Å². The SMILES string of the molecule is CC1OCCC1CNc1cncc(NN)n1. The summed E-state index contributed by atoms with van der Waals surface area (Å²) in [7, 11) is 0. The first kappa shape index (κ1) is 11.1. The Morgan fingerprint density at radius 1 is 1.50 bits per heavy atom. The van der Waals surface area contributed by atoms with Crippen LogP contribution in [-0.4, -0.2) is 29.2 Å². The number of anilines is 2. The lowest BCUT2D eigenvalue weighted by atomic mass is 10.0. The highest BCUT2D eigenvalue weighted by atomic mass is 16.5. The van der Waals surface area contributed by atoms with E-state index in [4.69, 9.17) is 10.6 Å². The highest BCUT2D eigenvalue weighted by Gasteiger charge is 2.23. The molecule has 0 amide bonds. The third-order valence-electron chi connectivity index (χ3n) is 2.86. The van der Waals surface area contributed by atoms with Crippen LogP contribution in [-0.2, 0) is 4.74 Å². The third-order valence-corrected chi connectivity index (χ3v) is 2.86. The standard InChI is InChI=1S/C10H17N5O/c1-7-8(2-3-16-7)4-13-9-5-12-6-10(14-9)15-11/h5-8H,2-4,11H2,1H3,(H2,13,14,15). The van der Waals surface area contributed by atoms with Crippen LogP contribution in [0.4, 0.5) is 11.6 Å². The van der Waals surface area contributed by atoms with Crippen molar-refractivity contribution in [2.75, 3.05) is 23.9 Å². The zero-order valence-corrected chi connectivity index (χ0v) is 9.31. The van der Waals surface area contributed by atoms with Gasteiger partial charge in [-0.3, -0.25) is 4.98 Å². The minimum Gasteiger partial charge on any atom is -0.378 e. The highest BCUT2D eigenvalue weighted by molar-refractivity contribution is 5.40. The number of rotatable bonds is 4. The zero-order valence-electron chi connectivity index (χ0n) is 9.31. The number of nitrogens with zero attached hydrogens (tertiary/aromatic N) is 2. The van der Waals surface area contributed by atoms with Crippen molar-refractivity contribution in [2.45, 2.75) is 19.4 Å². The molecule has 0 radical (unpaired) electrons. The summed E-state index contributed by atoms with van der Waals surface area (Å²) >= 11 is 0. The molecule has 16 heavy (non-hydrogen) atoms. The van der Waals surface area contributed by atoms with Crippen LogP contribution in [0.25, 0.3) is 0 Å². The number of aromatic nitrogens is 2. The van der Waals surface area contributed by atoms with Crippen molar-refractivity contribution in [1.82, 2.24) is 9.97 Å². The third kappa shape index (κ3) is 2.59. The Kier molecular flexibility index (Phi) is 3.53. The average Bonchev–Trinajstić information content (AvgIpc) is 2.72. The van der Waals surface area contributed by atoms with Gasteiger partial charge in [0, 0.05) is 19.1 Å². The summed E-state index contributed by atoms with van der Waals surface area (Å²) in [5.41, 5.74) is 2.47. The fraction of sp³-hybridized carbons (Fsp3) is 0.600. The topological polar surface area (TPSA) is 85.1 Å². The Balaban J connectivity index is 1.88. The number of hydrazine groups is 1. The normalized spacial score (nSPS) is 24.4. The van der Waals surface area contributed by atoms with Gasteiger partial charge in [0.05, 0.1) is 18.5 Å². The zero-order chi connectivity index (χ0) is 11.4. The van der Waals surface area contributed by atoms with Crippen LogP contribution in [0.1, 0.15) is 13.3 Å². The van der Waals surface area contributed by atoms with E-state index in [1.54, 1.807) is 12.4 Å². The van der Waals surface area contributed by atoms with Gasteiger partial charge in [-0.25, -0.2) is 10.8 Å². The van der Waals surface area contributed by atoms with Crippen molar-refractivity contribution in [2.24, 2.45) is 11.8 Å². The van der Waals surface area contributed by atoms with Gasteiger partial charge in [0.1, 0.15) is 5.82 Å². The molecule has 2 heterocycles. The van der Waals surface area contributed by atoms with E-state index in [0.717, 1.165) is 25.4 Å². The second-order valence-corrected chi connectivity index (χ2v) is 3.94. The van der Waals surface area contributed by atoms with Gasteiger partial charge in [-0.1, -0.05) is 0 Å². The molecule has 4 N–H and O–H groups in total. The predicted molar refractivity (Wildman–Crippen MR) is 61.9 cm³/mol. The molecule has 0 saturated carbocycles. The van der Waals surface area contributed by atoms with Gasteiger partial charge in [-0.05, 0) is 13.3 Å². The van der Waals surface area contributed by atoms with Crippen LogP contribution >= 0.6 is 0 Å². The lowest BCUT2D eigenvalue weighted by molar-refractivity contribution is 0.108. The Bertz CT molecular complexity index is 346. The molecule has 6 heteroatoms. The smallest absolute Gasteiger partial charge is 0.160 e. The number of ether oxygens (including phenoxy) is 1. The van der Waals surface area contributed by atoms with E-state index in [1.165, 1.54) is 0 Å². The molecule has 1 aliphatic rings. The molecule has 1 aliphatic heterocycles. The molecule has 88 valence electrons. The molecule has 0 aromatic carbocycles. The second kappa shape index (κ2) is 5.09. The Hall–Kier alpha value is -1.40. The Labute approximate surface area is 94.6 Å². The van der Waals surface area contributed by atoms with E-state index in [-0.39, 0.29) is 0 Å². The molecule has 1 aromatic rings. The lowest BCUT2D eigenvalue weighted by Gasteiger charge is -2.15. The van der Waals surface area contributed by atoms with Gasteiger partial charge in [-0.2, -0.15) is 0 Å². The molecule has 2 unspecified atom stereocenters. The van der Waals surface area contributed by atoms with Gasteiger partial charge in [0.15, 0.2) is 5.82 Å². The van der Waals surface area contributed by atoms with E-state index >= 15 is 0 Å². The minimum absolute atomic E-state index is 0.316. The average molecular weight is 223 g/mol. The van der Waals surface area contributed by atoms with Crippen molar-refractivity contribution < 1.29 is 4.74 Å². The summed E-state index contributed by atoms with van der Waals surface area (Å²) in [6, 6.07) is 0. The number of nitrogens with two attached hydrogens (primary N) is 1. The van der Waals surface area contributed by atoms with Crippen molar-refractivity contribution >= 4 is 11.6 Å². The van der Waals surface area contributed by atoms with Gasteiger partial charge < -0.3 is 15.5 Å². The number of hydrogen-bond donors (Lipinski definition) is 3. The Morgan fingerprint density at radius 2 is 2.31 bits per heavy atom. The first-order valence-corrected chi connectivity index (χ1v) is 5.43. The van der Waals surface area contributed by atoms with Crippen molar-refractivity contribution in [3.63, 3.8) is 0 Å². The summed E-state index contributed by atoms with van der Waals surface area (Å²) in [5.74, 6) is 7.08. The van der Waals surface area contributed by atoms with E-state index in [2.05, 4.69) is 27.6 Å². The van der Waals surface area contributed by atoms with Crippen molar-refractivity contribution in [3.8, 4) is 0 Å². The van der Waals surface area contributed by atoms with E-state index in [1.807, 2.05) is 0 Å². The Morgan fingerprint density at radius 3 is 3.00 bits per heavy atom. The molecule has 2 rings (SSSR count). The fourth-order valence-corrected chi connectivity index (χ4v) is 1.80. The lowest BCUT2D eigenvalue weighted by Crippen LogP contribution is -2.21. The summed E-state index contributed by atoms with van der Waals surface area (Å²) in [6.07, 6.45) is 4.67. The second-order valence-electron chi connectivity index (χ2n) is 3.94. The molecule has 1 aromatic heterocycles. The molecule has 0 spiro atoms. The fourth-order valence-electron chi connectivity index (χ4n) is 1.80. The van der Waals surface area contributed by atoms with Gasteiger partial charge in [-0.15, -0.1) is 0 Å². The number of hydrogen-bond acceptors (Lipinski definition) is 6. The molecule has 0 bridgehead atoms. The highest BCUT2D eigenvalue weighted by Crippen LogP contribution is 2.20. The van der Waals surface area contributed by atoms with Crippen LogP contribution in [0.15, 0.2) is 12.4 Å². The predicted octanol–water partition coefficient (Wildman–Crippen LogP) is 0.599. The maximum Gasteiger partial charge on any atom is 0.160 e. The van der Waals surface area contributed by atoms with Crippen molar-refractivity contribution in [1.29, 1.82) is 0 Å². The van der Waals surface area contributed by atoms with E-state index in [0.29, 0.717) is 17.8 Å². The summed E-state index contributed by atoms with van der Waals surface area (Å²) in [6.45, 7) is 3.80. The van der Waals surface area contributed by atoms with Crippen LogP contribution in [0.5, 0.6) is 0 Å². The number of nitrogens with one attached hydrogen (secondary N) is 2. The molecular formula is C10H17N5O. The molecule has 1 fully saturated rings. The monoisotopic (exact) mass is 223 g/mol. The van der Waals surface area contributed by atoms with Gasteiger partial charge in [0.2, 0.25) is 0 Å².